The SMILES string of the molecule is O=[N+]([O-])c1cc(Cl)c(F)cc1SCCS(=O)(=O)Cl. The van der Waals surface area contributed by atoms with E-state index in [0.717, 1.165) is 23.9 Å². The minimum Gasteiger partial charge on any atom is -0.258 e. The zero-order valence-electron chi connectivity index (χ0n) is 8.60. The van der Waals surface area contributed by atoms with Gasteiger partial charge in [-0.2, -0.15) is 0 Å². The van der Waals surface area contributed by atoms with Gasteiger partial charge in [-0.05, 0) is 6.07 Å². The summed E-state index contributed by atoms with van der Waals surface area (Å²) in [6, 6.07) is 1.78. The number of nitrogens with zero attached hydrogens (tertiary/aromatic N) is 1. The van der Waals surface area contributed by atoms with E-state index in [1.165, 1.54) is 0 Å². The van der Waals surface area contributed by atoms with Crippen LogP contribution in [-0.4, -0.2) is 24.8 Å². The van der Waals surface area contributed by atoms with E-state index in [2.05, 4.69) is 0 Å². The number of nitro benzene ring substituents is 1. The number of rotatable bonds is 5. The van der Waals surface area contributed by atoms with Crippen LogP contribution in [0, 0.1) is 15.9 Å². The molecule has 0 atom stereocenters. The molecule has 0 spiro atoms. The highest BCUT2D eigenvalue weighted by Gasteiger charge is 2.18. The minimum atomic E-state index is -3.68. The van der Waals surface area contributed by atoms with Crippen LogP contribution in [0.5, 0.6) is 0 Å². The molecule has 0 amide bonds. The molecule has 0 fully saturated rings. The summed E-state index contributed by atoms with van der Waals surface area (Å²) in [5.74, 6) is -1.20. The molecule has 0 heterocycles. The van der Waals surface area contributed by atoms with Gasteiger partial charge in [0.05, 0.1) is 20.6 Å². The maximum Gasteiger partial charge on any atom is 0.284 e. The van der Waals surface area contributed by atoms with E-state index in [1.807, 2.05) is 0 Å². The van der Waals surface area contributed by atoms with Crippen molar-refractivity contribution in [1.82, 2.24) is 0 Å². The molecular weight excluding hydrogens is 328 g/mol. The van der Waals surface area contributed by atoms with Crippen LogP contribution in [0.25, 0.3) is 0 Å². The first-order valence-corrected chi connectivity index (χ1v) is 8.23. The van der Waals surface area contributed by atoms with Crippen LogP contribution in [-0.2, 0) is 9.05 Å². The van der Waals surface area contributed by atoms with Crippen LogP contribution in [0.15, 0.2) is 17.0 Å². The largest absolute Gasteiger partial charge is 0.284 e. The van der Waals surface area contributed by atoms with Gasteiger partial charge in [0.1, 0.15) is 5.82 Å². The maximum atomic E-state index is 13.2. The quantitative estimate of drug-likeness (QED) is 0.358. The molecule has 1 aromatic rings. The Balaban J connectivity index is 2.94. The molecule has 100 valence electrons. The Morgan fingerprint density at radius 2 is 2.06 bits per heavy atom. The second-order valence-electron chi connectivity index (χ2n) is 3.08. The molecule has 0 aliphatic heterocycles. The van der Waals surface area contributed by atoms with Crippen molar-refractivity contribution < 1.29 is 17.7 Å². The van der Waals surface area contributed by atoms with Crippen molar-refractivity contribution in [2.24, 2.45) is 0 Å². The summed E-state index contributed by atoms with van der Waals surface area (Å²) >= 11 is 6.25. The Kier molecular flexibility index (Phi) is 5.20. The summed E-state index contributed by atoms with van der Waals surface area (Å²) in [6.07, 6.45) is 0. The zero-order chi connectivity index (χ0) is 13.9. The average Bonchev–Trinajstić information content (AvgIpc) is 2.20. The minimum absolute atomic E-state index is 0.00205. The van der Waals surface area contributed by atoms with Gasteiger partial charge in [-0.25, -0.2) is 12.8 Å². The summed E-state index contributed by atoms with van der Waals surface area (Å²) in [4.78, 5) is 9.99. The Labute approximate surface area is 116 Å². The number of nitro groups is 1. The predicted octanol–water partition coefficient (Wildman–Crippen LogP) is 3.05. The van der Waals surface area contributed by atoms with Crippen LogP contribution >= 0.6 is 34.0 Å². The normalized spacial score (nSPS) is 11.5. The second-order valence-corrected chi connectivity index (χ2v) is 7.52. The van der Waals surface area contributed by atoms with Crippen molar-refractivity contribution in [3.05, 3.63) is 33.1 Å². The van der Waals surface area contributed by atoms with Crippen LogP contribution in [0.2, 0.25) is 5.02 Å². The van der Waals surface area contributed by atoms with Crippen LogP contribution < -0.4 is 0 Å². The topological polar surface area (TPSA) is 77.3 Å². The van der Waals surface area contributed by atoms with Gasteiger partial charge >= 0.3 is 0 Å². The third-order valence-electron chi connectivity index (χ3n) is 1.78. The van der Waals surface area contributed by atoms with Gasteiger partial charge in [0, 0.05) is 22.5 Å². The average molecular weight is 334 g/mol. The molecule has 5 nitrogen and oxygen atoms in total. The fourth-order valence-corrected chi connectivity index (χ4v) is 3.57. The van der Waals surface area contributed by atoms with Gasteiger partial charge in [0.15, 0.2) is 0 Å². The summed E-state index contributed by atoms with van der Waals surface area (Å²) in [5, 5.41) is 10.3. The van der Waals surface area contributed by atoms with Crippen LogP contribution in [0.4, 0.5) is 10.1 Å². The number of halogens is 3. The van der Waals surface area contributed by atoms with Crippen LogP contribution in [0.3, 0.4) is 0 Å². The van der Waals surface area contributed by atoms with E-state index in [4.69, 9.17) is 22.3 Å². The van der Waals surface area contributed by atoms with Gasteiger partial charge in [-0.15, -0.1) is 11.8 Å². The molecule has 0 aromatic heterocycles. The van der Waals surface area contributed by atoms with Crippen molar-refractivity contribution in [3.63, 3.8) is 0 Å². The number of hydrogen-bond donors (Lipinski definition) is 0. The van der Waals surface area contributed by atoms with Crippen molar-refractivity contribution in [2.45, 2.75) is 4.90 Å². The van der Waals surface area contributed by atoms with E-state index in [9.17, 15) is 22.9 Å². The fraction of sp³-hybridized carbons (Fsp3) is 0.250. The summed E-state index contributed by atoms with van der Waals surface area (Å²) in [6.45, 7) is 0. The molecule has 0 bridgehead atoms. The van der Waals surface area contributed by atoms with Gasteiger partial charge in [0.2, 0.25) is 9.05 Å². The highest BCUT2D eigenvalue weighted by atomic mass is 35.7. The molecule has 18 heavy (non-hydrogen) atoms. The molecule has 0 saturated heterocycles. The number of benzene rings is 1. The monoisotopic (exact) mass is 333 g/mol. The summed E-state index contributed by atoms with van der Waals surface area (Å²) in [7, 11) is 1.30. The highest BCUT2D eigenvalue weighted by Crippen LogP contribution is 2.33. The molecule has 1 aromatic carbocycles. The first-order valence-electron chi connectivity index (χ1n) is 4.39. The van der Waals surface area contributed by atoms with Crippen LogP contribution in [0.1, 0.15) is 0 Å². The summed E-state index contributed by atoms with van der Waals surface area (Å²) < 4.78 is 34.5. The lowest BCUT2D eigenvalue weighted by atomic mass is 10.3. The molecule has 10 heteroatoms. The number of thioether (sulfide) groups is 1. The van der Waals surface area contributed by atoms with Crippen molar-refractivity contribution >= 4 is 48.8 Å². The van der Waals surface area contributed by atoms with E-state index >= 15 is 0 Å². The first kappa shape index (κ1) is 15.5. The lowest BCUT2D eigenvalue weighted by Crippen LogP contribution is -2.00. The Morgan fingerprint density at radius 3 is 2.56 bits per heavy atom. The predicted molar refractivity (Wildman–Crippen MR) is 68.4 cm³/mol. The van der Waals surface area contributed by atoms with Crippen molar-refractivity contribution in [2.75, 3.05) is 11.5 Å². The molecule has 0 aliphatic rings. The molecule has 1 rings (SSSR count). The third kappa shape index (κ3) is 4.60. The van der Waals surface area contributed by atoms with Gasteiger partial charge < -0.3 is 0 Å². The maximum absolute atomic E-state index is 13.2. The lowest BCUT2D eigenvalue weighted by Gasteiger charge is -2.03. The Hall–Kier alpha value is -0.570. The standard InChI is InChI=1S/C8H6Cl2FNO4S2/c9-5-3-7(12(13)14)8(4-6(5)11)17-1-2-18(10,15)16/h3-4H,1-2H2. The fourth-order valence-electron chi connectivity index (χ4n) is 1.03. The molecule has 0 unspecified atom stereocenters. The molecule has 0 N–H and O–H groups in total. The van der Waals surface area contributed by atoms with Gasteiger partial charge in [0.25, 0.3) is 5.69 Å². The lowest BCUT2D eigenvalue weighted by molar-refractivity contribution is -0.387. The molecular formula is C8H6Cl2FNO4S2. The highest BCUT2D eigenvalue weighted by molar-refractivity contribution is 8.14. The third-order valence-corrected chi connectivity index (χ3v) is 4.53. The van der Waals surface area contributed by atoms with Gasteiger partial charge in [-0.3, -0.25) is 10.1 Å². The Bertz CT molecular complexity index is 579. The van der Waals surface area contributed by atoms with Gasteiger partial charge in [-0.1, -0.05) is 11.6 Å². The molecule has 0 radical (unpaired) electrons. The van der Waals surface area contributed by atoms with E-state index in [-0.39, 0.29) is 27.1 Å². The van der Waals surface area contributed by atoms with E-state index in [0.29, 0.717) is 0 Å². The zero-order valence-corrected chi connectivity index (χ0v) is 11.7. The van der Waals surface area contributed by atoms with Crippen molar-refractivity contribution in [3.8, 4) is 0 Å². The van der Waals surface area contributed by atoms with E-state index < -0.39 is 19.8 Å². The Morgan fingerprint density at radius 1 is 1.44 bits per heavy atom. The second kappa shape index (κ2) is 6.05. The van der Waals surface area contributed by atoms with Crippen molar-refractivity contribution in [1.29, 1.82) is 0 Å². The molecule has 0 saturated carbocycles. The molecule has 0 aliphatic carbocycles. The summed E-state index contributed by atoms with van der Waals surface area (Å²) in [5.41, 5.74) is -0.377. The smallest absolute Gasteiger partial charge is 0.258 e. The first-order chi connectivity index (χ1) is 8.20. The van der Waals surface area contributed by atoms with E-state index in [1.54, 1.807) is 0 Å². The number of hydrogen-bond acceptors (Lipinski definition) is 5.